The first-order valence-corrected chi connectivity index (χ1v) is 6.25. The minimum Gasteiger partial charge on any atom is -0.354 e. The Hall–Kier alpha value is -0.810. The van der Waals surface area contributed by atoms with Crippen LogP contribution in [0.2, 0.25) is 0 Å². The van der Waals surface area contributed by atoms with Gasteiger partial charge in [-0.05, 0) is 26.8 Å². The highest BCUT2D eigenvalue weighted by atomic mass is 35.5. The van der Waals surface area contributed by atoms with Crippen molar-refractivity contribution in [2.24, 2.45) is 5.92 Å². The molecule has 2 N–H and O–H groups in total. The Bertz CT molecular complexity index is 286. The lowest BCUT2D eigenvalue weighted by atomic mass is 9.97. The standard InChI is InChI=1S/C12H23N3O2.ClH/c1-9(13-3)7-14-12(17)11-5-4-6-15(8-11)10(2)16;/h9,11,13H,4-8H2,1-3H3,(H,14,17);1H. The highest BCUT2D eigenvalue weighted by Gasteiger charge is 2.26. The summed E-state index contributed by atoms with van der Waals surface area (Å²) in [5, 5.41) is 5.99. The molecule has 0 aromatic heterocycles. The third kappa shape index (κ3) is 5.23. The maximum atomic E-state index is 11.9. The molecule has 2 amide bonds. The number of hydrogen-bond acceptors (Lipinski definition) is 3. The third-order valence-electron chi connectivity index (χ3n) is 3.31. The number of likely N-dealkylation sites (tertiary alicyclic amines) is 1. The molecular weight excluding hydrogens is 254 g/mol. The number of amides is 2. The van der Waals surface area contributed by atoms with E-state index in [0.29, 0.717) is 13.1 Å². The van der Waals surface area contributed by atoms with Crippen LogP contribution in [0.15, 0.2) is 0 Å². The van der Waals surface area contributed by atoms with Gasteiger partial charge in [0.05, 0.1) is 5.92 Å². The van der Waals surface area contributed by atoms with Crippen LogP contribution in [0.5, 0.6) is 0 Å². The number of nitrogens with zero attached hydrogens (tertiary/aromatic N) is 1. The second-order valence-electron chi connectivity index (χ2n) is 4.74. The number of hydrogen-bond donors (Lipinski definition) is 2. The van der Waals surface area contributed by atoms with Crippen molar-refractivity contribution < 1.29 is 9.59 Å². The van der Waals surface area contributed by atoms with Gasteiger partial charge in [-0.15, -0.1) is 12.4 Å². The SMILES string of the molecule is CNC(C)CNC(=O)C1CCCN(C(C)=O)C1.Cl. The second-order valence-corrected chi connectivity index (χ2v) is 4.74. The van der Waals surface area contributed by atoms with Crippen LogP contribution in [-0.4, -0.2) is 49.4 Å². The molecule has 106 valence electrons. The number of piperidine rings is 1. The van der Waals surface area contributed by atoms with Crippen molar-refractivity contribution in [1.82, 2.24) is 15.5 Å². The van der Waals surface area contributed by atoms with E-state index in [1.165, 1.54) is 0 Å². The summed E-state index contributed by atoms with van der Waals surface area (Å²) in [5.74, 6) is 0.0841. The fourth-order valence-electron chi connectivity index (χ4n) is 1.98. The predicted octanol–water partition coefficient (Wildman–Crippen LogP) is 0.391. The van der Waals surface area contributed by atoms with Crippen LogP contribution in [0.4, 0.5) is 0 Å². The number of rotatable bonds is 4. The van der Waals surface area contributed by atoms with Crippen LogP contribution >= 0.6 is 12.4 Å². The largest absolute Gasteiger partial charge is 0.354 e. The molecule has 0 bridgehead atoms. The van der Waals surface area contributed by atoms with E-state index in [9.17, 15) is 9.59 Å². The van der Waals surface area contributed by atoms with E-state index >= 15 is 0 Å². The zero-order chi connectivity index (χ0) is 12.8. The molecule has 0 aromatic rings. The van der Waals surface area contributed by atoms with Crippen LogP contribution < -0.4 is 10.6 Å². The van der Waals surface area contributed by atoms with Crippen molar-refractivity contribution in [2.75, 3.05) is 26.7 Å². The lowest BCUT2D eigenvalue weighted by Gasteiger charge is -2.31. The van der Waals surface area contributed by atoms with E-state index in [1.54, 1.807) is 11.8 Å². The van der Waals surface area contributed by atoms with Crippen LogP contribution in [0.1, 0.15) is 26.7 Å². The van der Waals surface area contributed by atoms with E-state index in [1.807, 2.05) is 14.0 Å². The first kappa shape index (κ1) is 17.2. The van der Waals surface area contributed by atoms with Gasteiger partial charge < -0.3 is 15.5 Å². The number of carbonyl (C=O) groups excluding carboxylic acids is 2. The van der Waals surface area contributed by atoms with Gasteiger partial charge in [-0.25, -0.2) is 0 Å². The smallest absolute Gasteiger partial charge is 0.224 e. The van der Waals surface area contributed by atoms with Crippen molar-refractivity contribution in [3.8, 4) is 0 Å². The molecule has 1 rings (SSSR count). The van der Waals surface area contributed by atoms with Crippen molar-refractivity contribution in [3.05, 3.63) is 0 Å². The van der Waals surface area contributed by atoms with Gasteiger partial charge in [0.25, 0.3) is 0 Å². The highest BCUT2D eigenvalue weighted by molar-refractivity contribution is 5.85. The summed E-state index contributed by atoms with van der Waals surface area (Å²) in [6, 6.07) is 0.270. The van der Waals surface area contributed by atoms with Crippen molar-refractivity contribution >= 4 is 24.2 Å². The van der Waals surface area contributed by atoms with Gasteiger partial charge in [0.15, 0.2) is 0 Å². The van der Waals surface area contributed by atoms with Gasteiger partial charge in [0, 0.05) is 32.6 Å². The molecule has 1 saturated heterocycles. The van der Waals surface area contributed by atoms with Gasteiger partial charge in [0.2, 0.25) is 11.8 Å². The molecule has 0 aliphatic carbocycles. The summed E-state index contributed by atoms with van der Waals surface area (Å²) in [7, 11) is 1.87. The molecule has 2 atom stereocenters. The number of nitrogens with one attached hydrogen (secondary N) is 2. The Morgan fingerprint density at radius 1 is 1.44 bits per heavy atom. The zero-order valence-corrected chi connectivity index (χ0v) is 12.2. The number of halogens is 1. The van der Waals surface area contributed by atoms with E-state index in [-0.39, 0.29) is 36.2 Å². The normalized spacial score (nSPS) is 20.8. The van der Waals surface area contributed by atoms with Gasteiger partial charge in [-0.2, -0.15) is 0 Å². The molecular formula is C12H24ClN3O2. The highest BCUT2D eigenvalue weighted by Crippen LogP contribution is 2.16. The molecule has 18 heavy (non-hydrogen) atoms. The summed E-state index contributed by atoms with van der Waals surface area (Å²) < 4.78 is 0. The molecule has 0 radical (unpaired) electrons. The summed E-state index contributed by atoms with van der Waals surface area (Å²) >= 11 is 0. The molecule has 1 aliphatic rings. The Balaban J connectivity index is 0.00000289. The summed E-state index contributed by atoms with van der Waals surface area (Å²) in [6.07, 6.45) is 1.79. The van der Waals surface area contributed by atoms with E-state index < -0.39 is 0 Å². The molecule has 1 heterocycles. The molecule has 2 unspecified atom stereocenters. The maximum absolute atomic E-state index is 11.9. The number of likely N-dealkylation sites (N-methyl/N-ethyl adjacent to an activating group) is 1. The summed E-state index contributed by atoms with van der Waals surface area (Å²) in [6.45, 7) is 5.55. The molecule has 0 aromatic carbocycles. The third-order valence-corrected chi connectivity index (χ3v) is 3.31. The van der Waals surface area contributed by atoms with Crippen LogP contribution in [-0.2, 0) is 9.59 Å². The minimum atomic E-state index is -0.0447. The predicted molar refractivity (Wildman–Crippen MR) is 73.8 cm³/mol. The average Bonchev–Trinajstić information content (AvgIpc) is 2.35. The number of carbonyl (C=O) groups is 2. The topological polar surface area (TPSA) is 61.4 Å². The Morgan fingerprint density at radius 3 is 2.67 bits per heavy atom. The van der Waals surface area contributed by atoms with Crippen molar-refractivity contribution in [3.63, 3.8) is 0 Å². The average molecular weight is 278 g/mol. The van der Waals surface area contributed by atoms with Gasteiger partial charge in [0.1, 0.15) is 0 Å². The minimum absolute atomic E-state index is 0. The van der Waals surface area contributed by atoms with E-state index in [4.69, 9.17) is 0 Å². The second kappa shape index (κ2) is 8.32. The van der Waals surface area contributed by atoms with Crippen molar-refractivity contribution in [1.29, 1.82) is 0 Å². The quantitative estimate of drug-likeness (QED) is 0.782. The molecule has 1 aliphatic heterocycles. The lowest BCUT2D eigenvalue weighted by molar-refractivity contribution is -0.133. The molecule has 5 nitrogen and oxygen atoms in total. The van der Waals surface area contributed by atoms with E-state index in [0.717, 1.165) is 19.4 Å². The molecule has 0 spiro atoms. The Kier molecular flexibility index (Phi) is 7.95. The first-order valence-electron chi connectivity index (χ1n) is 6.25. The van der Waals surface area contributed by atoms with Gasteiger partial charge in [-0.1, -0.05) is 0 Å². The summed E-state index contributed by atoms with van der Waals surface area (Å²) in [4.78, 5) is 24.9. The maximum Gasteiger partial charge on any atom is 0.224 e. The van der Waals surface area contributed by atoms with Gasteiger partial charge >= 0.3 is 0 Å². The fraction of sp³-hybridized carbons (Fsp3) is 0.833. The van der Waals surface area contributed by atoms with Crippen LogP contribution in [0.3, 0.4) is 0 Å². The Labute approximate surface area is 115 Å². The molecule has 1 fully saturated rings. The zero-order valence-electron chi connectivity index (χ0n) is 11.4. The lowest BCUT2D eigenvalue weighted by Crippen LogP contribution is -2.46. The van der Waals surface area contributed by atoms with Gasteiger partial charge in [-0.3, -0.25) is 9.59 Å². The molecule has 0 saturated carbocycles. The van der Waals surface area contributed by atoms with Crippen LogP contribution in [0.25, 0.3) is 0 Å². The fourth-order valence-corrected chi connectivity index (χ4v) is 1.98. The Morgan fingerprint density at radius 2 is 2.11 bits per heavy atom. The van der Waals surface area contributed by atoms with Crippen LogP contribution in [0, 0.1) is 5.92 Å². The van der Waals surface area contributed by atoms with Crippen molar-refractivity contribution in [2.45, 2.75) is 32.7 Å². The van der Waals surface area contributed by atoms with E-state index in [2.05, 4.69) is 10.6 Å². The monoisotopic (exact) mass is 277 g/mol. The summed E-state index contributed by atoms with van der Waals surface area (Å²) in [5.41, 5.74) is 0. The molecule has 6 heteroatoms. The first-order chi connectivity index (χ1) is 8.04.